The van der Waals surface area contributed by atoms with Crippen LogP contribution in [0.4, 0.5) is 0 Å². The van der Waals surface area contributed by atoms with Crippen molar-refractivity contribution >= 4 is 0 Å². The zero-order valence-corrected chi connectivity index (χ0v) is 14.2. The maximum atomic E-state index is 6.17. The van der Waals surface area contributed by atoms with Gasteiger partial charge >= 0.3 is 0 Å². The molecule has 2 unspecified atom stereocenters. The van der Waals surface area contributed by atoms with Gasteiger partial charge in [0.05, 0.1) is 18.8 Å². The fourth-order valence-electron chi connectivity index (χ4n) is 2.51. The van der Waals surface area contributed by atoms with Crippen molar-refractivity contribution in [1.29, 1.82) is 0 Å². The van der Waals surface area contributed by atoms with Crippen molar-refractivity contribution in [2.24, 2.45) is 0 Å². The molecule has 0 spiro atoms. The normalized spacial score (nSPS) is 13.8. The van der Waals surface area contributed by atoms with Gasteiger partial charge in [0.25, 0.3) is 0 Å². The Hall–Kier alpha value is -1.22. The van der Waals surface area contributed by atoms with Crippen LogP contribution in [0.5, 0.6) is 11.5 Å². The predicted octanol–water partition coefficient (Wildman–Crippen LogP) is 4.71. The van der Waals surface area contributed by atoms with Gasteiger partial charge < -0.3 is 14.8 Å². The third-order valence-electron chi connectivity index (χ3n) is 3.90. The lowest BCUT2D eigenvalue weighted by molar-refractivity contribution is 0.202. The Morgan fingerprint density at radius 3 is 2.43 bits per heavy atom. The van der Waals surface area contributed by atoms with Crippen LogP contribution in [0.2, 0.25) is 0 Å². The molecule has 0 fully saturated rings. The Morgan fingerprint density at radius 1 is 1.10 bits per heavy atom. The van der Waals surface area contributed by atoms with Crippen LogP contribution in [0.3, 0.4) is 0 Å². The summed E-state index contributed by atoms with van der Waals surface area (Å²) in [5.41, 5.74) is 1.10. The number of hydrogen-bond acceptors (Lipinski definition) is 3. The summed E-state index contributed by atoms with van der Waals surface area (Å²) in [7, 11) is 3.66. The molecule has 1 aromatic rings. The van der Waals surface area contributed by atoms with Crippen LogP contribution in [-0.4, -0.2) is 20.3 Å². The highest BCUT2D eigenvalue weighted by Gasteiger charge is 2.17. The van der Waals surface area contributed by atoms with Gasteiger partial charge in [-0.2, -0.15) is 0 Å². The molecule has 0 bridgehead atoms. The molecule has 3 nitrogen and oxygen atoms in total. The Morgan fingerprint density at radius 2 is 1.81 bits per heavy atom. The first-order valence-corrected chi connectivity index (χ1v) is 8.14. The monoisotopic (exact) mass is 293 g/mol. The summed E-state index contributed by atoms with van der Waals surface area (Å²) in [5, 5.41) is 3.27. The minimum Gasteiger partial charge on any atom is -0.496 e. The highest BCUT2D eigenvalue weighted by Crippen LogP contribution is 2.34. The summed E-state index contributed by atoms with van der Waals surface area (Å²) < 4.78 is 11.7. The molecule has 1 rings (SSSR count). The summed E-state index contributed by atoms with van der Waals surface area (Å²) in [5.74, 6) is 1.81. The van der Waals surface area contributed by atoms with E-state index in [1.165, 1.54) is 25.7 Å². The van der Waals surface area contributed by atoms with Gasteiger partial charge in [-0.1, -0.05) is 32.3 Å². The zero-order valence-electron chi connectivity index (χ0n) is 14.2. The molecule has 120 valence electrons. The van der Waals surface area contributed by atoms with Gasteiger partial charge in [0.2, 0.25) is 0 Å². The Kier molecular flexibility index (Phi) is 8.21. The quantitative estimate of drug-likeness (QED) is 0.634. The number of methoxy groups -OCH3 is 1. The minimum absolute atomic E-state index is 0.198. The topological polar surface area (TPSA) is 30.5 Å². The second-order valence-electron chi connectivity index (χ2n) is 5.66. The number of unbranched alkanes of at least 4 members (excludes halogenated alkanes) is 3. The lowest BCUT2D eigenvalue weighted by Crippen LogP contribution is -2.18. The van der Waals surface area contributed by atoms with E-state index in [9.17, 15) is 0 Å². The van der Waals surface area contributed by atoms with Crippen LogP contribution in [0, 0.1) is 0 Å². The molecular formula is C18H31NO2. The number of hydrogen-bond donors (Lipinski definition) is 1. The van der Waals surface area contributed by atoms with Crippen LogP contribution in [0.25, 0.3) is 0 Å². The lowest BCUT2D eigenvalue weighted by Gasteiger charge is -2.22. The SMILES string of the molecule is CCCCCCC(C)Oc1cccc(OC)c1C(C)NC. The van der Waals surface area contributed by atoms with E-state index < -0.39 is 0 Å². The fraction of sp³-hybridized carbons (Fsp3) is 0.667. The number of benzene rings is 1. The van der Waals surface area contributed by atoms with Crippen LogP contribution in [-0.2, 0) is 0 Å². The third-order valence-corrected chi connectivity index (χ3v) is 3.90. The second-order valence-corrected chi connectivity index (χ2v) is 5.66. The first-order chi connectivity index (χ1) is 10.1. The molecule has 1 N–H and O–H groups in total. The number of nitrogens with one attached hydrogen (secondary N) is 1. The largest absolute Gasteiger partial charge is 0.496 e. The average molecular weight is 293 g/mol. The maximum absolute atomic E-state index is 6.17. The molecule has 3 heteroatoms. The van der Waals surface area contributed by atoms with E-state index in [0.29, 0.717) is 0 Å². The van der Waals surface area contributed by atoms with Crippen LogP contribution in [0.1, 0.15) is 64.5 Å². The van der Waals surface area contributed by atoms with Crippen LogP contribution in [0.15, 0.2) is 18.2 Å². The van der Waals surface area contributed by atoms with Crippen molar-refractivity contribution < 1.29 is 9.47 Å². The number of ether oxygens (including phenoxy) is 2. The van der Waals surface area contributed by atoms with Crippen LogP contribution >= 0.6 is 0 Å². The fourth-order valence-corrected chi connectivity index (χ4v) is 2.51. The molecule has 0 saturated carbocycles. The second kappa shape index (κ2) is 9.67. The summed E-state index contributed by atoms with van der Waals surface area (Å²) in [4.78, 5) is 0. The van der Waals surface area contributed by atoms with Gasteiger partial charge in [0, 0.05) is 6.04 Å². The summed E-state index contributed by atoms with van der Waals surface area (Å²) in [6.07, 6.45) is 6.45. The molecular weight excluding hydrogens is 262 g/mol. The van der Waals surface area contributed by atoms with Crippen molar-refractivity contribution in [3.8, 4) is 11.5 Å². The molecule has 2 atom stereocenters. The molecule has 0 aliphatic rings. The van der Waals surface area contributed by atoms with Gasteiger partial charge in [0.15, 0.2) is 0 Å². The predicted molar refractivity (Wildman–Crippen MR) is 89.3 cm³/mol. The van der Waals surface area contributed by atoms with Gasteiger partial charge in [0.1, 0.15) is 11.5 Å². The minimum atomic E-state index is 0.198. The molecule has 21 heavy (non-hydrogen) atoms. The third kappa shape index (κ3) is 5.58. The van der Waals surface area contributed by atoms with E-state index >= 15 is 0 Å². The molecule has 0 radical (unpaired) electrons. The van der Waals surface area contributed by atoms with E-state index in [2.05, 4.69) is 26.1 Å². The van der Waals surface area contributed by atoms with Gasteiger partial charge in [-0.3, -0.25) is 0 Å². The average Bonchev–Trinajstić information content (AvgIpc) is 2.50. The maximum Gasteiger partial charge on any atom is 0.128 e. The lowest BCUT2D eigenvalue weighted by atomic mass is 10.1. The Bertz CT molecular complexity index is 406. The van der Waals surface area contributed by atoms with E-state index in [0.717, 1.165) is 23.5 Å². The number of rotatable bonds is 10. The van der Waals surface area contributed by atoms with Gasteiger partial charge in [-0.05, 0) is 45.9 Å². The van der Waals surface area contributed by atoms with Gasteiger partial charge in [-0.15, -0.1) is 0 Å². The van der Waals surface area contributed by atoms with Crippen molar-refractivity contribution in [2.75, 3.05) is 14.2 Å². The van der Waals surface area contributed by atoms with Crippen LogP contribution < -0.4 is 14.8 Å². The summed E-state index contributed by atoms with van der Waals surface area (Å²) >= 11 is 0. The van der Waals surface area contributed by atoms with Crippen molar-refractivity contribution in [3.63, 3.8) is 0 Å². The summed E-state index contributed by atoms with van der Waals surface area (Å²) in [6.45, 7) is 6.51. The summed E-state index contributed by atoms with van der Waals surface area (Å²) in [6, 6.07) is 6.21. The van der Waals surface area contributed by atoms with Crippen molar-refractivity contribution in [1.82, 2.24) is 5.32 Å². The standard InChI is InChI=1S/C18H31NO2/c1-6-7-8-9-11-14(2)21-17-13-10-12-16(20-5)18(17)15(3)19-4/h10,12-15,19H,6-9,11H2,1-5H3. The van der Waals surface area contributed by atoms with Crippen molar-refractivity contribution in [3.05, 3.63) is 23.8 Å². The van der Waals surface area contributed by atoms with E-state index in [1.54, 1.807) is 7.11 Å². The molecule has 0 aromatic heterocycles. The first-order valence-electron chi connectivity index (χ1n) is 8.14. The van der Waals surface area contributed by atoms with E-state index in [4.69, 9.17) is 9.47 Å². The van der Waals surface area contributed by atoms with Gasteiger partial charge in [-0.25, -0.2) is 0 Å². The molecule has 0 aliphatic heterocycles. The zero-order chi connectivity index (χ0) is 15.7. The Labute approximate surface area is 130 Å². The molecule has 0 amide bonds. The molecule has 1 aromatic carbocycles. The highest BCUT2D eigenvalue weighted by atomic mass is 16.5. The Balaban J connectivity index is 2.73. The first kappa shape index (κ1) is 17.8. The van der Waals surface area contributed by atoms with E-state index in [1.807, 2.05) is 25.2 Å². The molecule has 0 saturated heterocycles. The van der Waals surface area contributed by atoms with E-state index in [-0.39, 0.29) is 12.1 Å². The molecule has 0 aliphatic carbocycles. The highest BCUT2D eigenvalue weighted by molar-refractivity contribution is 5.46. The smallest absolute Gasteiger partial charge is 0.128 e. The molecule has 0 heterocycles. The van der Waals surface area contributed by atoms with Crippen molar-refractivity contribution in [2.45, 2.75) is 65.0 Å².